The zero-order chi connectivity index (χ0) is 15.5. The number of Topliss-reactive ketones (excluding diaryl/α,β-unsaturated/α-hetero) is 1. The molecule has 112 valence electrons. The summed E-state index contributed by atoms with van der Waals surface area (Å²) >= 11 is 0. The van der Waals surface area contributed by atoms with Gasteiger partial charge in [0, 0.05) is 17.8 Å². The first kappa shape index (κ1) is 14.7. The minimum Gasteiger partial charge on any atom is -0.395 e. The predicted molar refractivity (Wildman–Crippen MR) is 87.2 cm³/mol. The van der Waals surface area contributed by atoms with Gasteiger partial charge in [-0.05, 0) is 29.8 Å². The van der Waals surface area contributed by atoms with Crippen LogP contribution in [0.4, 0.5) is 5.69 Å². The lowest BCUT2D eigenvalue weighted by atomic mass is 10.1. The number of ketones is 1. The van der Waals surface area contributed by atoms with E-state index in [9.17, 15) is 9.00 Å². The summed E-state index contributed by atoms with van der Waals surface area (Å²) in [5.74, 6) is -0.189. The molecule has 1 heterocycles. The molecule has 0 radical (unpaired) electrons. The molecule has 2 N–H and O–H groups in total. The van der Waals surface area contributed by atoms with Crippen LogP contribution in [0.15, 0.2) is 58.3 Å². The quantitative estimate of drug-likeness (QED) is 0.851. The van der Waals surface area contributed by atoms with Gasteiger partial charge in [-0.2, -0.15) is 0 Å². The molecule has 3 rings (SSSR count). The van der Waals surface area contributed by atoms with Gasteiger partial charge in [-0.3, -0.25) is 4.79 Å². The first-order chi connectivity index (χ1) is 10.7. The van der Waals surface area contributed by atoms with Gasteiger partial charge in [-0.25, -0.2) is 4.21 Å². The van der Waals surface area contributed by atoms with E-state index in [0.717, 1.165) is 11.3 Å². The number of para-hydroxylation sites is 1. The van der Waals surface area contributed by atoms with Crippen molar-refractivity contribution in [3.63, 3.8) is 0 Å². The SMILES string of the molecule is O=C1/C(=C\c2ccccc2NCCO)S(=O)c2ccccc21. The first-order valence-corrected chi connectivity index (χ1v) is 8.08. The van der Waals surface area contributed by atoms with Gasteiger partial charge in [0.15, 0.2) is 0 Å². The highest BCUT2D eigenvalue weighted by atomic mass is 32.2. The van der Waals surface area contributed by atoms with Gasteiger partial charge in [0.2, 0.25) is 5.78 Å². The summed E-state index contributed by atoms with van der Waals surface area (Å²) in [6, 6.07) is 14.4. The largest absolute Gasteiger partial charge is 0.395 e. The van der Waals surface area contributed by atoms with Crippen molar-refractivity contribution in [2.75, 3.05) is 18.5 Å². The maximum atomic E-state index is 12.5. The van der Waals surface area contributed by atoms with Gasteiger partial charge >= 0.3 is 0 Å². The maximum absolute atomic E-state index is 12.5. The number of hydrogen-bond donors (Lipinski definition) is 2. The molecule has 0 saturated heterocycles. The Bertz CT molecular complexity index is 746. The zero-order valence-electron chi connectivity index (χ0n) is 11.8. The molecular formula is C17H15NO3S. The topological polar surface area (TPSA) is 66.4 Å². The van der Waals surface area contributed by atoms with Gasteiger partial charge < -0.3 is 10.4 Å². The average molecular weight is 313 g/mol. The van der Waals surface area contributed by atoms with Crippen LogP contribution in [0.2, 0.25) is 0 Å². The molecule has 0 spiro atoms. The number of fused-ring (bicyclic) bond motifs is 1. The molecule has 2 aromatic rings. The molecule has 2 aromatic carbocycles. The highest BCUT2D eigenvalue weighted by molar-refractivity contribution is 7.91. The Morgan fingerprint density at radius 3 is 2.59 bits per heavy atom. The fourth-order valence-electron chi connectivity index (χ4n) is 2.39. The number of carbonyl (C=O) groups excluding carboxylic acids is 1. The summed E-state index contributed by atoms with van der Waals surface area (Å²) < 4.78 is 12.5. The number of rotatable bonds is 4. The van der Waals surface area contributed by atoms with Crippen molar-refractivity contribution >= 4 is 28.3 Å². The van der Waals surface area contributed by atoms with Gasteiger partial charge in [-0.1, -0.05) is 30.3 Å². The number of hydrogen-bond acceptors (Lipinski definition) is 4. The Labute approximate surface area is 130 Å². The molecule has 1 unspecified atom stereocenters. The number of allylic oxidation sites excluding steroid dienone is 1. The molecule has 1 aliphatic heterocycles. The Balaban J connectivity index is 2.01. The van der Waals surface area contributed by atoms with Gasteiger partial charge in [0.1, 0.15) is 0 Å². The zero-order valence-corrected chi connectivity index (χ0v) is 12.6. The van der Waals surface area contributed by atoms with E-state index in [1.165, 1.54) is 0 Å². The van der Waals surface area contributed by atoms with Crippen molar-refractivity contribution in [2.24, 2.45) is 0 Å². The standard InChI is InChI=1S/C17H15NO3S/c19-10-9-18-14-7-3-1-5-12(14)11-16-17(20)13-6-2-4-8-15(13)22(16)21/h1-8,11,18-19H,9-10H2/b16-11+. The fraction of sp³-hybridized carbons (Fsp3) is 0.118. The van der Waals surface area contributed by atoms with E-state index < -0.39 is 10.8 Å². The minimum atomic E-state index is -1.45. The van der Waals surface area contributed by atoms with E-state index in [-0.39, 0.29) is 12.4 Å². The Hall–Kier alpha value is -2.24. The number of aliphatic hydroxyl groups is 1. The third kappa shape index (κ3) is 2.61. The minimum absolute atomic E-state index is 0.0151. The highest BCUT2D eigenvalue weighted by Gasteiger charge is 2.31. The number of aliphatic hydroxyl groups excluding tert-OH is 1. The third-order valence-corrected chi connectivity index (χ3v) is 4.89. The highest BCUT2D eigenvalue weighted by Crippen LogP contribution is 2.32. The van der Waals surface area contributed by atoms with Crippen LogP contribution >= 0.6 is 0 Å². The lowest BCUT2D eigenvalue weighted by molar-refractivity contribution is 0.104. The summed E-state index contributed by atoms with van der Waals surface area (Å²) in [7, 11) is -1.45. The summed E-state index contributed by atoms with van der Waals surface area (Å²) in [5, 5.41) is 12.0. The van der Waals surface area contributed by atoms with Crippen LogP contribution in [0.5, 0.6) is 0 Å². The summed E-state index contributed by atoms with van der Waals surface area (Å²) in [6.07, 6.45) is 1.66. The second kappa shape index (κ2) is 6.25. The number of benzene rings is 2. The van der Waals surface area contributed by atoms with Gasteiger partial charge in [0.25, 0.3) is 0 Å². The van der Waals surface area contributed by atoms with Crippen LogP contribution in [0.3, 0.4) is 0 Å². The Morgan fingerprint density at radius 2 is 1.82 bits per heavy atom. The van der Waals surface area contributed by atoms with E-state index in [4.69, 9.17) is 5.11 Å². The van der Waals surface area contributed by atoms with Crippen LogP contribution in [-0.4, -0.2) is 28.3 Å². The lowest BCUT2D eigenvalue weighted by Crippen LogP contribution is -2.06. The van der Waals surface area contributed by atoms with Crippen LogP contribution in [0.25, 0.3) is 6.08 Å². The molecule has 0 saturated carbocycles. The molecule has 0 fully saturated rings. The molecule has 22 heavy (non-hydrogen) atoms. The van der Waals surface area contributed by atoms with Crippen molar-refractivity contribution in [3.05, 3.63) is 64.6 Å². The summed E-state index contributed by atoms with van der Waals surface area (Å²) in [6.45, 7) is 0.429. The fourth-order valence-corrected chi connectivity index (χ4v) is 3.70. The molecule has 4 nitrogen and oxygen atoms in total. The molecule has 0 bridgehead atoms. The molecule has 0 aromatic heterocycles. The molecule has 0 amide bonds. The van der Waals surface area contributed by atoms with Crippen molar-refractivity contribution < 1.29 is 14.1 Å². The van der Waals surface area contributed by atoms with Gasteiger partial charge in [-0.15, -0.1) is 0 Å². The number of carbonyl (C=O) groups is 1. The van der Waals surface area contributed by atoms with Crippen LogP contribution < -0.4 is 5.32 Å². The Morgan fingerprint density at radius 1 is 1.09 bits per heavy atom. The van der Waals surface area contributed by atoms with Crippen molar-refractivity contribution in [3.8, 4) is 0 Å². The third-order valence-electron chi connectivity index (χ3n) is 3.43. The predicted octanol–water partition coefficient (Wildman–Crippen LogP) is 2.44. The van der Waals surface area contributed by atoms with Gasteiger partial charge in [0.05, 0.1) is 27.2 Å². The van der Waals surface area contributed by atoms with Crippen LogP contribution in [0.1, 0.15) is 15.9 Å². The first-order valence-electron chi connectivity index (χ1n) is 6.93. The van der Waals surface area contributed by atoms with Crippen molar-refractivity contribution in [1.82, 2.24) is 0 Å². The van der Waals surface area contributed by atoms with E-state index in [0.29, 0.717) is 21.9 Å². The van der Waals surface area contributed by atoms with E-state index in [1.807, 2.05) is 24.3 Å². The monoisotopic (exact) mass is 313 g/mol. The number of nitrogens with one attached hydrogen (secondary N) is 1. The van der Waals surface area contributed by atoms with Crippen molar-refractivity contribution in [1.29, 1.82) is 0 Å². The summed E-state index contributed by atoms with van der Waals surface area (Å²) in [5.41, 5.74) is 2.08. The summed E-state index contributed by atoms with van der Waals surface area (Å²) in [4.78, 5) is 13.3. The molecular weight excluding hydrogens is 298 g/mol. The van der Waals surface area contributed by atoms with E-state index >= 15 is 0 Å². The normalized spacial score (nSPS) is 18.5. The molecule has 0 aliphatic carbocycles. The maximum Gasteiger partial charge on any atom is 0.203 e. The van der Waals surface area contributed by atoms with Crippen LogP contribution in [-0.2, 0) is 10.8 Å². The smallest absolute Gasteiger partial charge is 0.203 e. The van der Waals surface area contributed by atoms with E-state index in [2.05, 4.69) is 5.32 Å². The average Bonchev–Trinajstić information content (AvgIpc) is 2.79. The number of anilines is 1. The van der Waals surface area contributed by atoms with Crippen LogP contribution in [0, 0.1) is 0 Å². The van der Waals surface area contributed by atoms with E-state index in [1.54, 1.807) is 30.3 Å². The second-order valence-corrected chi connectivity index (χ2v) is 6.26. The molecule has 1 aliphatic rings. The Kier molecular flexibility index (Phi) is 4.18. The molecule has 1 atom stereocenters. The lowest BCUT2D eigenvalue weighted by Gasteiger charge is -2.08. The van der Waals surface area contributed by atoms with Crippen molar-refractivity contribution in [2.45, 2.75) is 4.90 Å². The second-order valence-electron chi connectivity index (χ2n) is 4.84. The molecule has 5 heteroatoms.